The van der Waals surface area contributed by atoms with E-state index in [2.05, 4.69) is 10.0 Å². The molecule has 2 aromatic carbocycles. The molecule has 0 saturated carbocycles. The molecular weight excluding hydrogens is 376 g/mol. The maximum absolute atomic E-state index is 12.8. The van der Waals surface area contributed by atoms with Gasteiger partial charge in [0.1, 0.15) is 0 Å². The van der Waals surface area contributed by atoms with Gasteiger partial charge in [-0.05, 0) is 50.5 Å². The fraction of sp³-hybridized carbons (Fsp3) is 0.381. The lowest BCUT2D eigenvalue weighted by molar-refractivity contribution is 0.0712. The summed E-state index contributed by atoms with van der Waals surface area (Å²) >= 11 is 0. The van der Waals surface area contributed by atoms with Crippen LogP contribution in [0.15, 0.2) is 59.5 Å². The predicted molar refractivity (Wildman–Crippen MR) is 108 cm³/mol. The van der Waals surface area contributed by atoms with Gasteiger partial charge in [-0.1, -0.05) is 36.4 Å². The molecule has 0 aromatic heterocycles. The zero-order valence-electron chi connectivity index (χ0n) is 16.1. The predicted octanol–water partition coefficient (Wildman–Crippen LogP) is 3.02. The first-order valence-corrected chi connectivity index (χ1v) is 10.9. The Hall–Kier alpha value is -2.22. The summed E-state index contributed by atoms with van der Waals surface area (Å²) in [6.45, 7) is 4.40. The molecule has 1 aliphatic rings. The first kappa shape index (κ1) is 20.5. The molecule has 3 rings (SSSR count). The molecule has 0 radical (unpaired) electrons. The third-order valence-electron chi connectivity index (χ3n) is 4.92. The Balaban J connectivity index is 1.71. The summed E-state index contributed by atoms with van der Waals surface area (Å²) in [5.41, 5.74) is 1.17. The summed E-state index contributed by atoms with van der Waals surface area (Å²) in [6, 6.07) is 14.9. The van der Waals surface area contributed by atoms with Crippen LogP contribution in [0.5, 0.6) is 0 Å². The Labute approximate surface area is 166 Å². The summed E-state index contributed by atoms with van der Waals surface area (Å²) in [5.74, 6) is -0.309. The Morgan fingerprint density at radius 1 is 1.11 bits per heavy atom. The number of carbonyl (C=O) groups excluding carboxylic acids is 1. The molecule has 0 spiro atoms. The van der Waals surface area contributed by atoms with Crippen molar-refractivity contribution in [2.75, 3.05) is 6.61 Å². The average Bonchev–Trinajstić information content (AvgIpc) is 3.23. The zero-order valence-corrected chi connectivity index (χ0v) is 16.9. The van der Waals surface area contributed by atoms with Crippen LogP contribution in [0.3, 0.4) is 0 Å². The molecule has 3 unspecified atom stereocenters. The van der Waals surface area contributed by atoms with Gasteiger partial charge in [0.15, 0.2) is 0 Å². The molecule has 6 nitrogen and oxygen atoms in total. The Bertz CT molecular complexity index is 909. The lowest BCUT2D eigenvalue weighted by Gasteiger charge is -2.20. The van der Waals surface area contributed by atoms with Crippen LogP contribution in [0.25, 0.3) is 0 Å². The van der Waals surface area contributed by atoms with Crippen LogP contribution < -0.4 is 10.0 Å². The number of amides is 1. The van der Waals surface area contributed by atoms with E-state index < -0.39 is 10.0 Å². The number of benzene rings is 2. The number of hydrogen-bond donors (Lipinski definition) is 2. The minimum absolute atomic E-state index is 0.00394. The standard InChI is InChI=1S/C21H26N2O4S/c1-15(17-8-4-3-5-9-17)23-28(25,26)19-11-6-10-18(14-19)21(24)22-16(2)20-12-7-13-27-20/h3-6,8-11,14-16,20,23H,7,12-13H2,1-2H3,(H,22,24). The van der Waals surface area contributed by atoms with Crippen molar-refractivity contribution in [1.82, 2.24) is 10.0 Å². The summed E-state index contributed by atoms with van der Waals surface area (Å²) in [6.07, 6.45) is 1.91. The molecule has 1 heterocycles. The van der Waals surface area contributed by atoms with Crippen LogP contribution in [0.4, 0.5) is 0 Å². The molecule has 1 fully saturated rings. The molecule has 1 saturated heterocycles. The maximum Gasteiger partial charge on any atom is 0.251 e. The van der Waals surface area contributed by atoms with E-state index in [1.807, 2.05) is 37.3 Å². The molecule has 2 N–H and O–H groups in total. The second kappa shape index (κ2) is 8.86. The van der Waals surface area contributed by atoms with Crippen molar-refractivity contribution in [3.8, 4) is 0 Å². The Morgan fingerprint density at radius 3 is 2.54 bits per heavy atom. The van der Waals surface area contributed by atoms with Gasteiger partial charge in [0.2, 0.25) is 10.0 Å². The summed E-state index contributed by atoms with van der Waals surface area (Å²) in [5, 5.41) is 2.90. The van der Waals surface area contributed by atoms with E-state index in [0.717, 1.165) is 18.4 Å². The highest BCUT2D eigenvalue weighted by Crippen LogP contribution is 2.19. The van der Waals surface area contributed by atoms with Crippen molar-refractivity contribution < 1.29 is 17.9 Å². The molecule has 0 aliphatic carbocycles. The molecule has 7 heteroatoms. The molecule has 1 aliphatic heterocycles. The van der Waals surface area contributed by atoms with Gasteiger partial charge in [0.25, 0.3) is 5.91 Å². The highest BCUT2D eigenvalue weighted by molar-refractivity contribution is 7.89. The van der Waals surface area contributed by atoms with E-state index in [-0.39, 0.29) is 29.0 Å². The fourth-order valence-electron chi connectivity index (χ4n) is 3.29. The van der Waals surface area contributed by atoms with Crippen molar-refractivity contribution in [3.05, 3.63) is 65.7 Å². The van der Waals surface area contributed by atoms with E-state index in [1.54, 1.807) is 19.1 Å². The largest absolute Gasteiger partial charge is 0.376 e. The third kappa shape index (κ3) is 4.98. The van der Waals surface area contributed by atoms with E-state index >= 15 is 0 Å². The van der Waals surface area contributed by atoms with Crippen LogP contribution in [-0.2, 0) is 14.8 Å². The summed E-state index contributed by atoms with van der Waals surface area (Å²) in [7, 11) is -3.76. The molecule has 0 bridgehead atoms. The number of ether oxygens (including phenoxy) is 1. The number of carbonyl (C=O) groups is 1. The van der Waals surface area contributed by atoms with Crippen molar-refractivity contribution >= 4 is 15.9 Å². The molecule has 2 aromatic rings. The summed E-state index contributed by atoms with van der Waals surface area (Å²) in [4.78, 5) is 12.6. The van der Waals surface area contributed by atoms with Crippen LogP contribution in [-0.4, -0.2) is 33.1 Å². The fourth-order valence-corrected chi connectivity index (χ4v) is 4.57. The van der Waals surface area contributed by atoms with Gasteiger partial charge in [-0.2, -0.15) is 0 Å². The van der Waals surface area contributed by atoms with Gasteiger partial charge < -0.3 is 10.1 Å². The van der Waals surface area contributed by atoms with Gasteiger partial charge in [0.05, 0.1) is 17.0 Å². The highest BCUT2D eigenvalue weighted by Gasteiger charge is 2.25. The maximum atomic E-state index is 12.8. The topological polar surface area (TPSA) is 84.5 Å². The molecular formula is C21H26N2O4S. The van der Waals surface area contributed by atoms with E-state index in [1.165, 1.54) is 12.1 Å². The normalized spacial score (nSPS) is 19.1. The summed E-state index contributed by atoms with van der Waals surface area (Å²) < 4.78 is 33.8. The second-order valence-corrected chi connectivity index (χ2v) is 8.81. The van der Waals surface area contributed by atoms with Gasteiger partial charge in [-0.3, -0.25) is 4.79 Å². The van der Waals surface area contributed by atoms with Gasteiger partial charge >= 0.3 is 0 Å². The second-order valence-electron chi connectivity index (χ2n) is 7.10. The van der Waals surface area contributed by atoms with Crippen molar-refractivity contribution in [2.45, 2.75) is 49.8 Å². The molecule has 28 heavy (non-hydrogen) atoms. The Morgan fingerprint density at radius 2 is 1.86 bits per heavy atom. The van der Waals surface area contributed by atoms with E-state index in [0.29, 0.717) is 12.2 Å². The van der Waals surface area contributed by atoms with Gasteiger partial charge in [-0.15, -0.1) is 0 Å². The van der Waals surface area contributed by atoms with Crippen molar-refractivity contribution in [1.29, 1.82) is 0 Å². The smallest absolute Gasteiger partial charge is 0.251 e. The lowest BCUT2D eigenvalue weighted by Crippen LogP contribution is -2.40. The van der Waals surface area contributed by atoms with Crippen LogP contribution in [0, 0.1) is 0 Å². The van der Waals surface area contributed by atoms with Gasteiger partial charge in [-0.25, -0.2) is 13.1 Å². The number of nitrogens with one attached hydrogen (secondary N) is 2. The zero-order chi connectivity index (χ0) is 20.1. The number of sulfonamides is 1. The quantitative estimate of drug-likeness (QED) is 0.746. The first-order valence-electron chi connectivity index (χ1n) is 9.46. The number of rotatable bonds is 7. The SMILES string of the molecule is CC(NS(=O)(=O)c1cccc(C(=O)NC(C)C2CCCO2)c1)c1ccccc1. The minimum Gasteiger partial charge on any atom is -0.376 e. The number of hydrogen-bond acceptors (Lipinski definition) is 4. The van der Waals surface area contributed by atoms with Crippen molar-refractivity contribution in [2.24, 2.45) is 0 Å². The van der Waals surface area contributed by atoms with Gasteiger partial charge in [0, 0.05) is 18.2 Å². The molecule has 150 valence electrons. The van der Waals surface area contributed by atoms with Crippen molar-refractivity contribution in [3.63, 3.8) is 0 Å². The molecule has 3 atom stereocenters. The lowest BCUT2D eigenvalue weighted by atomic mass is 10.1. The average molecular weight is 403 g/mol. The first-order chi connectivity index (χ1) is 13.4. The van der Waals surface area contributed by atoms with Crippen LogP contribution in [0.2, 0.25) is 0 Å². The van der Waals surface area contributed by atoms with Crippen LogP contribution in [0.1, 0.15) is 48.7 Å². The van der Waals surface area contributed by atoms with E-state index in [9.17, 15) is 13.2 Å². The molecule has 1 amide bonds. The minimum atomic E-state index is -3.76. The third-order valence-corrected chi connectivity index (χ3v) is 6.46. The van der Waals surface area contributed by atoms with Crippen LogP contribution >= 0.6 is 0 Å². The van der Waals surface area contributed by atoms with E-state index in [4.69, 9.17) is 4.74 Å². The Kier molecular flexibility index (Phi) is 6.49. The highest BCUT2D eigenvalue weighted by atomic mass is 32.2. The monoisotopic (exact) mass is 402 g/mol.